The predicted molar refractivity (Wildman–Crippen MR) is 212 cm³/mol. The van der Waals surface area contributed by atoms with Gasteiger partial charge in [-0.1, -0.05) is 178 Å². The van der Waals surface area contributed by atoms with Crippen LogP contribution in [0.25, 0.3) is 78.4 Å². The van der Waals surface area contributed by atoms with Crippen molar-refractivity contribution in [3.8, 4) is 78.4 Å². The van der Waals surface area contributed by atoms with Crippen LogP contribution in [0, 0.1) is 0 Å². The van der Waals surface area contributed by atoms with Crippen LogP contribution in [-0.2, 0) is 5.41 Å². The molecule has 0 amide bonds. The minimum atomic E-state index is -0.0819. The molecule has 0 spiro atoms. The van der Waals surface area contributed by atoms with E-state index in [4.69, 9.17) is 9.97 Å². The largest absolute Gasteiger partial charge is 0.228 e. The summed E-state index contributed by atoms with van der Waals surface area (Å²) in [7, 11) is 0. The molecular formula is C49H36N2. The highest BCUT2D eigenvalue weighted by Crippen LogP contribution is 2.52. The van der Waals surface area contributed by atoms with Gasteiger partial charge in [0.1, 0.15) is 0 Å². The molecule has 1 aliphatic rings. The van der Waals surface area contributed by atoms with E-state index in [1.807, 2.05) is 24.3 Å². The van der Waals surface area contributed by atoms with Crippen LogP contribution in [0.15, 0.2) is 182 Å². The van der Waals surface area contributed by atoms with E-state index < -0.39 is 0 Å². The molecule has 0 aliphatic heterocycles. The molecule has 1 aromatic heterocycles. The fraction of sp³-hybridized carbons (Fsp3) is 0.0612. The second-order valence-corrected chi connectivity index (χ2v) is 13.8. The minimum Gasteiger partial charge on any atom is -0.228 e. The van der Waals surface area contributed by atoms with Crippen LogP contribution >= 0.6 is 0 Å². The predicted octanol–water partition coefficient (Wildman–Crippen LogP) is 12.8. The monoisotopic (exact) mass is 652 g/mol. The van der Waals surface area contributed by atoms with E-state index in [9.17, 15) is 0 Å². The van der Waals surface area contributed by atoms with Gasteiger partial charge in [0.25, 0.3) is 0 Å². The van der Waals surface area contributed by atoms with Gasteiger partial charge in [-0.05, 0) is 73.8 Å². The van der Waals surface area contributed by atoms with Crippen molar-refractivity contribution in [2.24, 2.45) is 0 Å². The van der Waals surface area contributed by atoms with Gasteiger partial charge in [0, 0.05) is 22.1 Å². The van der Waals surface area contributed by atoms with E-state index in [0.717, 1.165) is 33.6 Å². The number of nitrogens with zero attached hydrogens (tertiary/aromatic N) is 2. The third-order valence-electron chi connectivity index (χ3n) is 10.3. The molecule has 0 radical (unpaired) electrons. The summed E-state index contributed by atoms with van der Waals surface area (Å²) in [5.41, 5.74) is 17.5. The highest BCUT2D eigenvalue weighted by atomic mass is 14.9. The van der Waals surface area contributed by atoms with Crippen LogP contribution in [0.2, 0.25) is 0 Å². The Kier molecular flexibility index (Phi) is 7.51. The van der Waals surface area contributed by atoms with Crippen molar-refractivity contribution in [1.29, 1.82) is 0 Å². The molecule has 2 heteroatoms. The molecular weight excluding hydrogens is 617 g/mol. The maximum atomic E-state index is 5.13. The number of aromatic nitrogens is 2. The topological polar surface area (TPSA) is 25.8 Å². The van der Waals surface area contributed by atoms with Crippen LogP contribution < -0.4 is 0 Å². The Morgan fingerprint density at radius 2 is 0.804 bits per heavy atom. The summed E-state index contributed by atoms with van der Waals surface area (Å²) in [4.78, 5) is 10.2. The van der Waals surface area contributed by atoms with E-state index in [2.05, 4.69) is 172 Å². The van der Waals surface area contributed by atoms with E-state index >= 15 is 0 Å². The third kappa shape index (κ3) is 5.56. The average molecular weight is 653 g/mol. The lowest BCUT2D eigenvalue weighted by Gasteiger charge is -2.24. The van der Waals surface area contributed by atoms with Crippen LogP contribution in [0.5, 0.6) is 0 Å². The highest BCUT2D eigenvalue weighted by molar-refractivity contribution is 5.89. The first-order chi connectivity index (χ1) is 25.0. The van der Waals surface area contributed by atoms with Crippen molar-refractivity contribution in [2.75, 3.05) is 0 Å². The van der Waals surface area contributed by atoms with E-state index in [0.29, 0.717) is 5.82 Å². The summed E-state index contributed by atoms with van der Waals surface area (Å²) < 4.78 is 0. The van der Waals surface area contributed by atoms with Gasteiger partial charge in [0.2, 0.25) is 0 Å². The summed E-state index contributed by atoms with van der Waals surface area (Å²) in [5, 5.41) is 0. The molecule has 0 atom stereocenters. The molecule has 1 aliphatic carbocycles. The van der Waals surface area contributed by atoms with Crippen molar-refractivity contribution in [2.45, 2.75) is 19.3 Å². The van der Waals surface area contributed by atoms with Crippen LogP contribution in [0.1, 0.15) is 25.0 Å². The van der Waals surface area contributed by atoms with E-state index in [1.165, 1.54) is 50.1 Å². The Bertz CT molecular complexity index is 2530. The first-order valence-electron chi connectivity index (χ1n) is 17.6. The Hall–Kier alpha value is -6.38. The van der Waals surface area contributed by atoms with Crippen LogP contribution in [-0.4, -0.2) is 9.97 Å². The summed E-state index contributed by atoms with van der Waals surface area (Å²) >= 11 is 0. The Balaban J connectivity index is 1.11. The smallest absolute Gasteiger partial charge is 0.160 e. The highest BCUT2D eigenvalue weighted by Gasteiger charge is 2.37. The number of hydrogen-bond donors (Lipinski definition) is 0. The van der Waals surface area contributed by atoms with Crippen molar-refractivity contribution in [3.63, 3.8) is 0 Å². The number of benzene rings is 7. The fourth-order valence-corrected chi connectivity index (χ4v) is 7.74. The van der Waals surface area contributed by atoms with Gasteiger partial charge in [-0.2, -0.15) is 0 Å². The molecule has 0 bridgehead atoms. The Morgan fingerprint density at radius 1 is 0.333 bits per heavy atom. The molecule has 1 heterocycles. The summed E-state index contributed by atoms with van der Waals surface area (Å²) in [6.45, 7) is 4.71. The number of rotatable bonds is 6. The first kappa shape index (κ1) is 30.7. The molecule has 2 nitrogen and oxygen atoms in total. The zero-order valence-corrected chi connectivity index (χ0v) is 28.7. The van der Waals surface area contributed by atoms with Gasteiger partial charge in [0.05, 0.1) is 11.4 Å². The molecule has 0 unspecified atom stereocenters. The van der Waals surface area contributed by atoms with Crippen molar-refractivity contribution in [3.05, 3.63) is 193 Å². The molecule has 242 valence electrons. The molecule has 0 saturated carbocycles. The Labute approximate surface area is 299 Å². The lowest BCUT2D eigenvalue weighted by molar-refractivity contribution is 0.662. The molecule has 9 rings (SSSR count). The molecule has 51 heavy (non-hydrogen) atoms. The molecule has 0 fully saturated rings. The van der Waals surface area contributed by atoms with E-state index in [-0.39, 0.29) is 5.41 Å². The SMILES string of the molecule is CC1(C)c2ccccc2-c2cccc(-c3cccc(-c4cccc(-c5cc(-c6ccc(-c7ccccc7)cc6)nc(-c6ccccc6)n5)c4)c3)c21. The van der Waals surface area contributed by atoms with Crippen molar-refractivity contribution >= 4 is 0 Å². The first-order valence-corrected chi connectivity index (χ1v) is 17.6. The third-order valence-corrected chi connectivity index (χ3v) is 10.3. The normalized spacial score (nSPS) is 12.7. The summed E-state index contributed by atoms with van der Waals surface area (Å²) in [6.07, 6.45) is 0. The summed E-state index contributed by atoms with van der Waals surface area (Å²) in [6, 6.07) is 64.8. The number of hydrogen-bond acceptors (Lipinski definition) is 2. The lowest BCUT2D eigenvalue weighted by atomic mass is 9.78. The second kappa shape index (κ2) is 12.5. The minimum absolute atomic E-state index is 0.0819. The standard InChI is InChI=1S/C49H36N2/c1-49(2)44-25-10-9-22-42(44)43-24-13-23-41(47(43)49)39-20-11-18-37(30-39)38-19-12-21-40(31-38)46-32-45(50-48(51-46)36-16-7-4-8-17-36)35-28-26-34(27-29-35)33-14-5-3-6-15-33/h3-32H,1-2H3. The molecule has 7 aromatic carbocycles. The van der Waals surface area contributed by atoms with Crippen molar-refractivity contribution < 1.29 is 0 Å². The zero-order chi connectivity index (χ0) is 34.4. The van der Waals surface area contributed by atoms with Gasteiger partial charge in [0.15, 0.2) is 5.82 Å². The Morgan fingerprint density at radius 3 is 1.53 bits per heavy atom. The lowest BCUT2D eigenvalue weighted by Crippen LogP contribution is -2.16. The van der Waals surface area contributed by atoms with Gasteiger partial charge in [-0.3, -0.25) is 0 Å². The average Bonchev–Trinajstić information content (AvgIpc) is 3.44. The molecule has 8 aromatic rings. The van der Waals surface area contributed by atoms with Gasteiger partial charge in [-0.15, -0.1) is 0 Å². The van der Waals surface area contributed by atoms with Gasteiger partial charge >= 0.3 is 0 Å². The van der Waals surface area contributed by atoms with Gasteiger partial charge < -0.3 is 0 Å². The summed E-state index contributed by atoms with van der Waals surface area (Å²) in [5.74, 6) is 0.712. The maximum Gasteiger partial charge on any atom is 0.160 e. The zero-order valence-electron chi connectivity index (χ0n) is 28.7. The van der Waals surface area contributed by atoms with Crippen LogP contribution in [0.4, 0.5) is 0 Å². The molecule has 0 N–H and O–H groups in total. The second-order valence-electron chi connectivity index (χ2n) is 13.8. The maximum absolute atomic E-state index is 5.13. The van der Waals surface area contributed by atoms with Crippen LogP contribution in [0.3, 0.4) is 0 Å². The quantitative estimate of drug-likeness (QED) is 0.179. The van der Waals surface area contributed by atoms with Crippen molar-refractivity contribution in [1.82, 2.24) is 9.97 Å². The molecule has 0 saturated heterocycles. The van der Waals surface area contributed by atoms with Gasteiger partial charge in [-0.25, -0.2) is 9.97 Å². The number of fused-ring (bicyclic) bond motifs is 3. The fourth-order valence-electron chi connectivity index (χ4n) is 7.74. The van der Waals surface area contributed by atoms with E-state index in [1.54, 1.807) is 0 Å².